The summed E-state index contributed by atoms with van der Waals surface area (Å²) in [5, 5.41) is 12.3. The minimum Gasteiger partial charge on any atom is -0.435 e. The fourth-order valence-corrected chi connectivity index (χ4v) is 3.37. The maximum absolute atomic E-state index is 12.6. The highest BCUT2D eigenvalue weighted by atomic mass is 32.2. The Labute approximate surface area is 189 Å². The summed E-state index contributed by atoms with van der Waals surface area (Å²) < 4.78 is 60.1. The monoisotopic (exact) mass is 483 g/mol. The summed E-state index contributed by atoms with van der Waals surface area (Å²) in [5.41, 5.74) is 3.57. The van der Waals surface area contributed by atoms with Gasteiger partial charge in [0, 0.05) is 30.0 Å². The van der Waals surface area contributed by atoms with Gasteiger partial charge in [-0.25, -0.2) is 5.43 Å². The lowest BCUT2D eigenvalue weighted by Crippen LogP contribution is -2.17. The number of hydrogen-bond acceptors (Lipinski definition) is 7. The molecule has 0 saturated heterocycles. The molecule has 0 atom stereocenters. The number of hydrogen-bond donors (Lipinski definition) is 1. The second kappa shape index (κ2) is 11.3. The molecule has 0 radical (unpaired) electrons. The molecule has 1 aromatic heterocycles. The van der Waals surface area contributed by atoms with Crippen LogP contribution in [0.25, 0.3) is 0 Å². The normalized spacial score (nSPS) is 11.4. The first-order valence-corrected chi connectivity index (χ1v) is 10.2. The molecule has 0 fully saturated rings. The van der Waals surface area contributed by atoms with Gasteiger partial charge in [0.15, 0.2) is 5.16 Å². The Bertz CT molecular complexity index is 1110. The maximum atomic E-state index is 12.6. The largest absolute Gasteiger partial charge is 0.435 e. The van der Waals surface area contributed by atoms with Gasteiger partial charge in [-0.15, -0.1) is 10.2 Å². The van der Waals surface area contributed by atoms with Gasteiger partial charge in [-0.05, 0) is 29.8 Å². The van der Waals surface area contributed by atoms with Crippen molar-refractivity contribution in [1.29, 1.82) is 0 Å². The van der Waals surface area contributed by atoms with Crippen molar-refractivity contribution in [1.82, 2.24) is 20.2 Å². The van der Waals surface area contributed by atoms with Crippen LogP contribution in [0.3, 0.4) is 0 Å². The van der Waals surface area contributed by atoms with E-state index in [0.29, 0.717) is 11.3 Å². The molecular weight excluding hydrogens is 466 g/mol. The second-order valence-corrected chi connectivity index (χ2v) is 7.31. The standard InChI is InChI=1S/C20H17F4N5O3S/c1-29-11-26-28-20(29)33-10-12-2-4-13(5-3-12)17(30)27-25-9-14-6-7-15(31-18(21)22)8-16(14)32-19(23)24/h2-9,11,18-19H,10H2,1H3,(H,27,30). The molecule has 0 aliphatic carbocycles. The summed E-state index contributed by atoms with van der Waals surface area (Å²) in [6, 6.07) is 9.97. The summed E-state index contributed by atoms with van der Waals surface area (Å²) in [6.07, 6.45) is 2.65. The number of aryl methyl sites for hydroxylation is 1. The van der Waals surface area contributed by atoms with Crippen molar-refractivity contribution in [2.24, 2.45) is 12.1 Å². The zero-order chi connectivity index (χ0) is 23.8. The van der Waals surface area contributed by atoms with E-state index in [1.807, 2.05) is 7.05 Å². The lowest BCUT2D eigenvalue weighted by atomic mass is 10.1. The topological polar surface area (TPSA) is 90.6 Å². The molecule has 0 saturated carbocycles. The van der Waals surface area contributed by atoms with Crippen LogP contribution in [0, 0.1) is 0 Å². The van der Waals surface area contributed by atoms with Crippen LogP contribution in [0.5, 0.6) is 11.5 Å². The number of carbonyl (C=O) groups excluding carboxylic acids is 1. The molecular formula is C20H17F4N5O3S. The van der Waals surface area contributed by atoms with E-state index in [-0.39, 0.29) is 11.3 Å². The summed E-state index contributed by atoms with van der Waals surface area (Å²) in [7, 11) is 1.84. The molecule has 0 spiro atoms. The summed E-state index contributed by atoms with van der Waals surface area (Å²) in [4.78, 5) is 12.3. The third-order valence-electron chi connectivity index (χ3n) is 4.05. The van der Waals surface area contributed by atoms with Crippen LogP contribution in [0.15, 0.2) is 59.0 Å². The van der Waals surface area contributed by atoms with E-state index in [1.54, 1.807) is 35.2 Å². The van der Waals surface area contributed by atoms with E-state index in [9.17, 15) is 22.4 Å². The molecule has 1 amide bonds. The molecule has 33 heavy (non-hydrogen) atoms. The Morgan fingerprint density at radius 1 is 1.15 bits per heavy atom. The first-order chi connectivity index (χ1) is 15.8. The summed E-state index contributed by atoms with van der Waals surface area (Å²) in [6.45, 7) is -6.32. The molecule has 0 unspecified atom stereocenters. The van der Waals surface area contributed by atoms with Crippen LogP contribution in [0.2, 0.25) is 0 Å². The van der Waals surface area contributed by atoms with E-state index in [4.69, 9.17) is 0 Å². The molecule has 0 bridgehead atoms. The van der Waals surface area contributed by atoms with Crippen molar-refractivity contribution in [3.8, 4) is 11.5 Å². The third-order valence-corrected chi connectivity index (χ3v) is 5.16. The van der Waals surface area contributed by atoms with Crippen molar-refractivity contribution in [2.45, 2.75) is 24.1 Å². The Hall–Kier alpha value is -3.61. The van der Waals surface area contributed by atoms with Gasteiger partial charge in [0.2, 0.25) is 0 Å². The number of aromatic nitrogens is 3. The minimum atomic E-state index is -3.20. The van der Waals surface area contributed by atoms with Gasteiger partial charge >= 0.3 is 13.2 Å². The molecule has 3 aromatic rings. The first kappa shape index (κ1) is 24.0. The first-order valence-electron chi connectivity index (χ1n) is 9.24. The van der Waals surface area contributed by atoms with Crippen LogP contribution in [0.4, 0.5) is 17.6 Å². The van der Waals surface area contributed by atoms with Gasteiger partial charge in [0.05, 0.1) is 6.21 Å². The van der Waals surface area contributed by atoms with Gasteiger partial charge in [-0.2, -0.15) is 22.7 Å². The number of carbonyl (C=O) groups is 1. The SMILES string of the molecule is Cn1cnnc1SCc1ccc(C(=O)NN=Cc2ccc(OC(F)F)cc2OC(F)F)cc1. The van der Waals surface area contributed by atoms with Crippen LogP contribution in [0.1, 0.15) is 21.5 Å². The highest BCUT2D eigenvalue weighted by Crippen LogP contribution is 2.26. The average molecular weight is 483 g/mol. The minimum absolute atomic E-state index is 0.0216. The Morgan fingerprint density at radius 2 is 1.88 bits per heavy atom. The number of nitrogens with one attached hydrogen (secondary N) is 1. The van der Waals surface area contributed by atoms with Gasteiger partial charge in [0.25, 0.3) is 5.91 Å². The fourth-order valence-electron chi connectivity index (χ4n) is 2.52. The number of hydrazone groups is 1. The second-order valence-electron chi connectivity index (χ2n) is 6.37. The van der Waals surface area contributed by atoms with Crippen LogP contribution in [-0.2, 0) is 12.8 Å². The van der Waals surface area contributed by atoms with E-state index in [2.05, 4.69) is 30.2 Å². The molecule has 8 nitrogen and oxygen atoms in total. The van der Waals surface area contributed by atoms with E-state index < -0.39 is 24.9 Å². The molecule has 1 N–H and O–H groups in total. The van der Waals surface area contributed by atoms with Gasteiger partial charge in [0.1, 0.15) is 17.8 Å². The van der Waals surface area contributed by atoms with Crippen molar-refractivity contribution in [3.63, 3.8) is 0 Å². The van der Waals surface area contributed by atoms with Crippen molar-refractivity contribution < 1.29 is 31.8 Å². The molecule has 0 aliphatic rings. The maximum Gasteiger partial charge on any atom is 0.387 e. The molecule has 2 aromatic carbocycles. The predicted molar refractivity (Wildman–Crippen MR) is 112 cm³/mol. The Morgan fingerprint density at radius 3 is 2.52 bits per heavy atom. The molecule has 1 heterocycles. The van der Waals surface area contributed by atoms with Gasteiger partial charge < -0.3 is 14.0 Å². The Kier molecular flexibility index (Phi) is 8.24. The highest BCUT2D eigenvalue weighted by Gasteiger charge is 2.13. The number of alkyl halides is 4. The van der Waals surface area contributed by atoms with Crippen molar-refractivity contribution in [3.05, 3.63) is 65.5 Å². The van der Waals surface area contributed by atoms with Crippen LogP contribution in [-0.4, -0.2) is 40.1 Å². The number of benzene rings is 2. The molecule has 13 heteroatoms. The molecule has 3 rings (SSSR count). The van der Waals surface area contributed by atoms with E-state index >= 15 is 0 Å². The molecule has 174 valence electrons. The lowest BCUT2D eigenvalue weighted by molar-refractivity contribution is -0.0543. The van der Waals surface area contributed by atoms with Gasteiger partial charge in [-0.1, -0.05) is 23.9 Å². The van der Waals surface area contributed by atoms with E-state index in [1.165, 1.54) is 17.8 Å². The average Bonchev–Trinajstić information content (AvgIpc) is 3.18. The Balaban J connectivity index is 1.60. The number of rotatable bonds is 10. The van der Waals surface area contributed by atoms with E-state index in [0.717, 1.165) is 29.1 Å². The predicted octanol–water partition coefficient (Wildman–Crippen LogP) is 4.07. The van der Waals surface area contributed by atoms with Crippen LogP contribution >= 0.6 is 11.8 Å². The number of halogens is 4. The third kappa shape index (κ3) is 7.20. The zero-order valence-electron chi connectivity index (χ0n) is 17.0. The highest BCUT2D eigenvalue weighted by molar-refractivity contribution is 7.98. The van der Waals surface area contributed by atoms with Gasteiger partial charge in [-0.3, -0.25) is 4.79 Å². The smallest absolute Gasteiger partial charge is 0.387 e. The quantitative estimate of drug-likeness (QED) is 0.202. The zero-order valence-corrected chi connectivity index (χ0v) is 17.8. The number of nitrogens with zero attached hydrogens (tertiary/aromatic N) is 4. The number of ether oxygens (including phenoxy) is 2. The number of thioether (sulfide) groups is 1. The fraction of sp³-hybridized carbons (Fsp3) is 0.200. The summed E-state index contributed by atoms with van der Waals surface area (Å²) in [5.74, 6) is -0.706. The van der Waals surface area contributed by atoms with Crippen LogP contribution < -0.4 is 14.9 Å². The molecule has 0 aliphatic heterocycles. The number of amides is 1. The lowest BCUT2D eigenvalue weighted by Gasteiger charge is -2.10. The van der Waals surface area contributed by atoms with Crippen molar-refractivity contribution >= 4 is 23.9 Å². The van der Waals surface area contributed by atoms with Crippen molar-refractivity contribution in [2.75, 3.05) is 0 Å². The summed E-state index contributed by atoms with van der Waals surface area (Å²) >= 11 is 1.49.